The summed E-state index contributed by atoms with van der Waals surface area (Å²) in [6.07, 6.45) is -1.58. The SMILES string of the molecule is Cc1cc2c(Sc3ncccn3)nc(C(F)(F)F)nc2[nH]1. The van der Waals surface area contributed by atoms with Crippen molar-refractivity contribution in [3.05, 3.63) is 36.0 Å². The molecule has 0 spiro atoms. The third-order valence-electron chi connectivity index (χ3n) is 2.57. The molecular weight excluding hydrogens is 303 g/mol. The number of aromatic amines is 1. The quantitative estimate of drug-likeness (QED) is 0.581. The maximum Gasteiger partial charge on any atom is 0.451 e. The first-order chi connectivity index (χ1) is 9.93. The maximum absolute atomic E-state index is 12.9. The third-order valence-corrected chi connectivity index (χ3v) is 3.47. The molecule has 0 aliphatic carbocycles. The minimum absolute atomic E-state index is 0.147. The summed E-state index contributed by atoms with van der Waals surface area (Å²) >= 11 is 0.967. The number of aryl methyl sites for hydroxylation is 1. The monoisotopic (exact) mass is 311 g/mol. The van der Waals surface area contributed by atoms with Crippen molar-refractivity contribution < 1.29 is 13.2 Å². The van der Waals surface area contributed by atoms with Crippen LogP contribution in [0.3, 0.4) is 0 Å². The Morgan fingerprint density at radius 1 is 1.14 bits per heavy atom. The predicted molar refractivity (Wildman–Crippen MR) is 69.8 cm³/mol. The minimum atomic E-state index is -4.61. The Morgan fingerprint density at radius 2 is 1.86 bits per heavy atom. The number of hydrogen-bond donors (Lipinski definition) is 1. The summed E-state index contributed by atoms with van der Waals surface area (Å²) in [5, 5.41) is 1.00. The van der Waals surface area contributed by atoms with E-state index in [-0.39, 0.29) is 10.7 Å². The first-order valence-corrected chi connectivity index (χ1v) is 6.64. The third kappa shape index (κ3) is 2.82. The van der Waals surface area contributed by atoms with Crippen molar-refractivity contribution in [1.82, 2.24) is 24.9 Å². The van der Waals surface area contributed by atoms with Crippen LogP contribution in [-0.4, -0.2) is 24.9 Å². The molecule has 108 valence electrons. The van der Waals surface area contributed by atoms with Gasteiger partial charge in [0.25, 0.3) is 0 Å². The second-order valence-electron chi connectivity index (χ2n) is 4.20. The Morgan fingerprint density at radius 3 is 2.52 bits per heavy atom. The van der Waals surface area contributed by atoms with E-state index >= 15 is 0 Å². The van der Waals surface area contributed by atoms with Crippen molar-refractivity contribution in [3.63, 3.8) is 0 Å². The van der Waals surface area contributed by atoms with Gasteiger partial charge in [-0.3, -0.25) is 0 Å². The Hall–Kier alpha value is -2.16. The fourth-order valence-electron chi connectivity index (χ4n) is 1.74. The summed E-state index contributed by atoms with van der Waals surface area (Å²) in [6, 6.07) is 3.32. The smallest absolute Gasteiger partial charge is 0.343 e. The van der Waals surface area contributed by atoms with Crippen molar-refractivity contribution in [3.8, 4) is 0 Å². The first-order valence-electron chi connectivity index (χ1n) is 5.83. The highest BCUT2D eigenvalue weighted by Crippen LogP contribution is 2.34. The topological polar surface area (TPSA) is 67.3 Å². The Bertz CT molecular complexity index is 785. The molecule has 3 rings (SSSR count). The number of aromatic nitrogens is 5. The number of hydrogen-bond acceptors (Lipinski definition) is 5. The van der Waals surface area contributed by atoms with Crippen LogP contribution in [0.5, 0.6) is 0 Å². The van der Waals surface area contributed by atoms with Crippen molar-refractivity contribution in [1.29, 1.82) is 0 Å². The second kappa shape index (κ2) is 4.99. The van der Waals surface area contributed by atoms with Crippen molar-refractivity contribution in [2.24, 2.45) is 0 Å². The fraction of sp³-hybridized carbons (Fsp3) is 0.167. The van der Waals surface area contributed by atoms with Gasteiger partial charge in [-0.1, -0.05) is 0 Å². The van der Waals surface area contributed by atoms with E-state index in [0.717, 1.165) is 11.8 Å². The van der Waals surface area contributed by atoms with Gasteiger partial charge in [-0.25, -0.2) is 19.9 Å². The molecule has 3 heterocycles. The molecule has 0 saturated carbocycles. The van der Waals surface area contributed by atoms with E-state index in [1.165, 1.54) is 12.4 Å². The summed E-state index contributed by atoms with van der Waals surface area (Å²) in [5.41, 5.74) is 0.850. The van der Waals surface area contributed by atoms with Gasteiger partial charge in [-0.15, -0.1) is 0 Å². The summed E-state index contributed by atoms with van der Waals surface area (Å²) in [6.45, 7) is 1.74. The molecule has 0 amide bonds. The van der Waals surface area contributed by atoms with Crippen LogP contribution < -0.4 is 0 Å². The number of H-pyrrole nitrogens is 1. The van der Waals surface area contributed by atoms with Crippen LogP contribution in [0, 0.1) is 6.92 Å². The van der Waals surface area contributed by atoms with Gasteiger partial charge in [0.05, 0.1) is 5.39 Å². The van der Waals surface area contributed by atoms with E-state index in [1.807, 2.05) is 0 Å². The molecule has 0 saturated heterocycles. The summed E-state index contributed by atoms with van der Waals surface area (Å²) in [5.74, 6) is -1.18. The molecule has 0 aromatic carbocycles. The van der Waals surface area contributed by atoms with Gasteiger partial charge in [-0.2, -0.15) is 13.2 Å². The lowest BCUT2D eigenvalue weighted by Gasteiger charge is -2.07. The van der Waals surface area contributed by atoms with Crippen LogP contribution in [0.1, 0.15) is 11.5 Å². The van der Waals surface area contributed by atoms with Gasteiger partial charge in [0.2, 0.25) is 5.82 Å². The van der Waals surface area contributed by atoms with Gasteiger partial charge >= 0.3 is 6.18 Å². The number of alkyl halides is 3. The van der Waals surface area contributed by atoms with Crippen LogP contribution in [0.15, 0.2) is 34.7 Å². The molecule has 3 aromatic rings. The van der Waals surface area contributed by atoms with Crippen molar-refractivity contribution >= 4 is 22.8 Å². The molecule has 0 atom stereocenters. The molecule has 9 heteroatoms. The molecule has 0 bridgehead atoms. The standard InChI is InChI=1S/C12H8F3N5S/c1-6-5-7-8(18-6)19-10(12(13,14)15)20-9(7)21-11-16-3-2-4-17-11/h2-5H,1H3,(H,18,19,20). The molecule has 0 radical (unpaired) electrons. The van der Waals surface area contributed by atoms with Crippen LogP contribution in [-0.2, 0) is 6.18 Å². The molecule has 0 aliphatic heterocycles. The minimum Gasteiger partial charge on any atom is -0.343 e. The molecular formula is C12H8F3N5S. The second-order valence-corrected chi connectivity index (χ2v) is 5.15. The lowest BCUT2D eigenvalue weighted by Crippen LogP contribution is -2.11. The number of nitrogens with one attached hydrogen (secondary N) is 1. The maximum atomic E-state index is 12.9. The predicted octanol–water partition coefficient (Wildman–Crippen LogP) is 3.23. The Kier molecular flexibility index (Phi) is 3.28. The van der Waals surface area contributed by atoms with E-state index in [9.17, 15) is 13.2 Å². The zero-order chi connectivity index (χ0) is 15.0. The number of rotatable bonds is 2. The molecule has 3 aromatic heterocycles. The molecule has 21 heavy (non-hydrogen) atoms. The Balaban J connectivity index is 2.15. The van der Waals surface area contributed by atoms with Gasteiger partial charge < -0.3 is 4.98 Å². The van der Waals surface area contributed by atoms with Crippen LogP contribution in [0.4, 0.5) is 13.2 Å². The largest absolute Gasteiger partial charge is 0.451 e. The van der Waals surface area contributed by atoms with Crippen LogP contribution in [0.25, 0.3) is 11.0 Å². The van der Waals surface area contributed by atoms with Crippen molar-refractivity contribution in [2.75, 3.05) is 0 Å². The van der Waals surface area contributed by atoms with E-state index < -0.39 is 12.0 Å². The Labute approximate surface area is 121 Å². The highest BCUT2D eigenvalue weighted by atomic mass is 32.2. The number of halogens is 3. The molecule has 5 nitrogen and oxygen atoms in total. The van der Waals surface area contributed by atoms with Crippen molar-refractivity contribution in [2.45, 2.75) is 23.3 Å². The lowest BCUT2D eigenvalue weighted by atomic mass is 10.4. The van der Waals surface area contributed by atoms with E-state index in [4.69, 9.17) is 0 Å². The molecule has 0 aliphatic rings. The van der Waals surface area contributed by atoms with Gasteiger partial charge in [-0.05, 0) is 30.8 Å². The summed E-state index contributed by atoms with van der Waals surface area (Å²) < 4.78 is 38.6. The highest BCUT2D eigenvalue weighted by molar-refractivity contribution is 7.99. The fourth-order valence-corrected chi connectivity index (χ4v) is 2.54. The summed E-state index contributed by atoms with van der Waals surface area (Å²) in [4.78, 5) is 17.9. The number of fused-ring (bicyclic) bond motifs is 1. The van der Waals surface area contributed by atoms with Crippen LogP contribution >= 0.6 is 11.8 Å². The van der Waals surface area contributed by atoms with Gasteiger partial charge in [0.1, 0.15) is 10.7 Å². The molecule has 0 unspecified atom stereocenters. The van der Waals surface area contributed by atoms with E-state index in [0.29, 0.717) is 16.2 Å². The zero-order valence-electron chi connectivity index (χ0n) is 10.6. The van der Waals surface area contributed by atoms with Gasteiger partial charge in [0.15, 0.2) is 5.16 Å². The zero-order valence-corrected chi connectivity index (χ0v) is 11.5. The first kappa shape index (κ1) is 13.8. The average molecular weight is 311 g/mol. The van der Waals surface area contributed by atoms with E-state index in [1.54, 1.807) is 19.1 Å². The van der Waals surface area contributed by atoms with Crippen LogP contribution in [0.2, 0.25) is 0 Å². The molecule has 1 N–H and O–H groups in total. The highest BCUT2D eigenvalue weighted by Gasteiger charge is 2.36. The normalized spacial score (nSPS) is 12.0. The lowest BCUT2D eigenvalue weighted by molar-refractivity contribution is -0.145. The summed E-state index contributed by atoms with van der Waals surface area (Å²) in [7, 11) is 0. The average Bonchev–Trinajstić information content (AvgIpc) is 2.79. The molecule has 0 fully saturated rings. The number of nitrogens with zero attached hydrogens (tertiary/aromatic N) is 4. The van der Waals surface area contributed by atoms with E-state index in [2.05, 4.69) is 24.9 Å². The van der Waals surface area contributed by atoms with Gasteiger partial charge in [0, 0.05) is 18.1 Å².